The number of rotatable bonds is 4. The van der Waals surface area contributed by atoms with Gasteiger partial charge in [-0.3, -0.25) is 5.84 Å². The lowest BCUT2D eigenvalue weighted by Gasteiger charge is -2.13. The topological polar surface area (TPSA) is 51.2 Å². The molecule has 3 nitrogen and oxygen atoms in total. The quantitative estimate of drug-likeness (QED) is 0.564. The summed E-state index contributed by atoms with van der Waals surface area (Å²) in [6, 6.07) is 20.9. The van der Waals surface area contributed by atoms with Crippen LogP contribution in [0.15, 0.2) is 65.1 Å². The average Bonchev–Trinajstić information content (AvgIpc) is 3.20. The molecule has 0 spiro atoms. The molecular weight excluding hydrogens is 260 g/mol. The standard InChI is InChI=1S/C18H18N2O/c19-20-18(15-11-14(15)12-6-2-1-3-7-12)17-10-13-8-4-5-9-16(13)21-17/h1-10,14-15,18,20H,11,19H2. The number of para-hydroxylation sites is 1. The molecule has 3 aromatic rings. The van der Waals surface area contributed by atoms with E-state index in [0.717, 1.165) is 23.2 Å². The van der Waals surface area contributed by atoms with Crippen molar-refractivity contribution in [3.8, 4) is 0 Å². The highest BCUT2D eigenvalue weighted by molar-refractivity contribution is 5.77. The molecule has 0 bridgehead atoms. The van der Waals surface area contributed by atoms with E-state index in [1.165, 1.54) is 5.56 Å². The van der Waals surface area contributed by atoms with Crippen LogP contribution in [0.2, 0.25) is 0 Å². The average molecular weight is 278 g/mol. The second-order valence-corrected chi connectivity index (χ2v) is 5.75. The number of benzene rings is 2. The van der Waals surface area contributed by atoms with Crippen molar-refractivity contribution in [1.29, 1.82) is 0 Å². The van der Waals surface area contributed by atoms with E-state index in [4.69, 9.17) is 10.3 Å². The van der Waals surface area contributed by atoms with Gasteiger partial charge in [0.15, 0.2) is 0 Å². The SMILES string of the molecule is NNC(c1cc2ccccc2o1)C1CC1c1ccccc1. The lowest BCUT2D eigenvalue weighted by molar-refractivity contribution is 0.398. The lowest BCUT2D eigenvalue weighted by atomic mass is 10.0. The Bertz CT molecular complexity index is 717. The maximum atomic E-state index is 5.96. The summed E-state index contributed by atoms with van der Waals surface area (Å²) in [5, 5.41) is 1.13. The van der Waals surface area contributed by atoms with Crippen LogP contribution < -0.4 is 11.3 Å². The predicted octanol–water partition coefficient (Wildman–Crippen LogP) is 3.74. The van der Waals surface area contributed by atoms with Crippen molar-refractivity contribution >= 4 is 11.0 Å². The van der Waals surface area contributed by atoms with Gasteiger partial charge in [0.2, 0.25) is 0 Å². The normalized spacial score (nSPS) is 22.3. The van der Waals surface area contributed by atoms with Crippen molar-refractivity contribution in [2.24, 2.45) is 11.8 Å². The molecule has 3 unspecified atom stereocenters. The molecule has 106 valence electrons. The van der Waals surface area contributed by atoms with Crippen LogP contribution in [-0.2, 0) is 0 Å². The molecule has 1 aliphatic carbocycles. The Labute approximate surface area is 123 Å². The molecule has 3 heteroatoms. The van der Waals surface area contributed by atoms with Gasteiger partial charge in [0.25, 0.3) is 0 Å². The number of hydrogen-bond donors (Lipinski definition) is 2. The number of hydrazine groups is 1. The first-order valence-corrected chi connectivity index (χ1v) is 7.36. The van der Waals surface area contributed by atoms with Crippen LogP contribution in [0, 0.1) is 5.92 Å². The number of fused-ring (bicyclic) bond motifs is 1. The van der Waals surface area contributed by atoms with Gasteiger partial charge in [0.05, 0.1) is 6.04 Å². The summed E-state index contributed by atoms with van der Waals surface area (Å²) >= 11 is 0. The maximum absolute atomic E-state index is 5.96. The molecule has 3 atom stereocenters. The Balaban J connectivity index is 1.61. The van der Waals surface area contributed by atoms with Crippen LogP contribution in [0.1, 0.15) is 29.7 Å². The molecule has 1 heterocycles. The van der Waals surface area contributed by atoms with Gasteiger partial charge >= 0.3 is 0 Å². The zero-order valence-electron chi connectivity index (χ0n) is 11.7. The highest BCUT2D eigenvalue weighted by Crippen LogP contribution is 2.54. The molecule has 1 saturated carbocycles. The van der Waals surface area contributed by atoms with Gasteiger partial charge in [0, 0.05) is 5.39 Å². The summed E-state index contributed by atoms with van der Waals surface area (Å²) < 4.78 is 5.96. The fraction of sp³-hybridized carbons (Fsp3) is 0.222. The van der Waals surface area contributed by atoms with Gasteiger partial charge in [-0.2, -0.15) is 0 Å². The molecule has 21 heavy (non-hydrogen) atoms. The van der Waals surface area contributed by atoms with E-state index >= 15 is 0 Å². The molecule has 0 saturated heterocycles. The van der Waals surface area contributed by atoms with E-state index in [9.17, 15) is 0 Å². The maximum Gasteiger partial charge on any atom is 0.134 e. The van der Waals surface area contributed by atoms with E-state index in [2.05, 4.69) is 47.9 Å². The largest absolute Gasteiger partial charge is 0.459 e. The van der Waals surface area contributed by atoms with Crippen molar-refractivity contribution in [1.82, 2.24) is 5.43 Å². The number of furan rings is 1. The van der Waals surface area contributed by atoms with Gasteiger partial charge in [-0.1, -0.05) is 48.5 Å². The van der Waals surface area contributed by atoms with E-state index in [1.807, 2.05) is 18.2 Å². The molecule has 0 aliphatic heterocycles. The molecule has 4 rings (SSSR count). The summed E-state index contributed by atoms with van der Waals surface area (Å²) in [5.74, 6) is 7.80. The molecular formula is C18H18N2O. The molecule has 1 aliphatic rings. The molecule has 1 aromatic heterocycles. The van der Waals surface area contributed by atoms with Crippen LogP contribution in [0.3, 0.4) is 0 Å². The molecule has 2 aromatic carbocycles. The Morgan fingerprint density at radius 1 is 1.05 bits per heavy atom. The Hall–Kier alpha value is -2.10. The lowest BCUT2D eigenvalue weighted by Crippen LogP contribution is -2.29. The van der Waals surface area contributed by atoms with Gasteiger partial charge < -0.3 is 4.42 Å². The van der Waals surface area contributed by atoms with Gasteiger partial charge in [-0.05, 0) is 36.0 Å². The summed E-state index contributed by atoms with van der Waals surface area (Å²) in [6.45, 7) is 0. The van der Waals surface area contributed by atoms with Crippen molar-refractivity contribution in [2.75, 3.05) is 0 Å². The fourth-order valence-corrected chi connectivity index (χ4v) is 3.24. The highest BCUT2D eigenvalue weighted by Gasteiger charge is 2.45. The van der Waals surface area contributed by atoms with Crippen molar-refractivity contribution in [3.63, 3.8) is 0 Å². The van der Waals surface area contributed by atoms with Crippen LogP contribution in [0.4, 0.5) is 0 Å². The minimum absolute atomic E-state index is 0.0719. The van der Waals surface area contributed by atoms with E-state index < -0.39 is 0 Å². The molecule has 0 radical (unpaired) electrons. The first-order chi connectivity index (χ1) is 10.4. The van der Waals surface area contributed by atoms with E-state index in [1.54, 1.807) is 0 Å². The third kappa shape index (κ3) is 2.24. The number of nitrogens with one attached hydrogen (secondary N) is 1. The highest BCUT2D eigenvalue weighted by atomic mass is 16.3. The smallest absolute Gasteiger partial charge is 0.134 e. The first-order valence-electron chi connectivity index (χ1n) is 7.36. The molecule has 3 N–H and O–H groups in total. The van der Waals surface area contributed by atoms with Gasteiger partial charge in [0.1, 0.15) is 11.3 Å². The second-order valence-electron chi connectivity index (χ2n) is 5.75. The molecule has 0 amide bonds. The third-order valence-electron chi connectivity index (χ3n) is 4.43. The summed E-state index contributed by atoms with van der Waals surface area (Å²) in [4.78, 5) is 0. The number of hydrogen-bond acceptors (Lipinski definition) is 3. The summed E-state index contributed by atoms with van der Waals surface area (Å²) in [5.41, 5.74) is 5.26. The van der Waals surface area contributed by atoms with Gasteiger partial charge in [-0.25, -0.2) is 5.43 Å². The Morgan fingerprint density at radius 2 is 1.81 bits per heavy atom. The fourth-order valence-electron chi connectivity index (χ4n) is 3.24. The van der Waals surface area contributed by atoms with E-state index in [-0.39, 0.29) is 6.04 Å². The van der Waals surface area contributed by atoms with Crippen LogP contribution in [0.5, 0.6) is 0 Å². The third-order valence-corrected chi connectivity index (χ3v) is 4.43. The van der Waals surface area contributed by atoms with Crippen LogP contribution in [0.25, 0.3) is 11.0 Å². The Kier molecular flexibility index (Phi) is 3.02. The van der Waals surface area contributed by atoms with E-state index in [0.29, 0.717) is 11.8 Å². The molecule has 1 fully saturated rings. The summed E-state index contributed by atoms with van der Waals surface area (Å²) in [7, 11) is 0. The van der Waals surface area contributed by atoms with Crippen LogP contribution >= 0.6 is 0 Å². The monoisotopic (exact) mass is 278 g/mol. The van der Waals surface area contributed by atoms with Crippen LogP contribution in [-0.4, -0.2) is 0 Å². The van der Waals surface area contributed by atoms with Crippen molar-refractivity contribution < 1.29 is 4.42 Å². The van der Waals surface area contributed by atoms with Crippen molar-refractivity contribution in [2.45, 2.75) is 18.4 Å². The van der Waals surface area contributed by atoms with Crippen molar-refractivity contribution in [3.05, 3.63) is 72.0 Å². The predicted molar refractivity (Wildman–Crippen MR) is 83.6 cm³/mol. The summed E-state index contributed by atoms with van der Waals surface area (Å²) in [6.07, 6.45) is 1.15. The number of nitrogens with two attached hydrogens (primary N) is 1. The van der Waals surface area contributed by atoms with Gasteiger partial charge in [-0.15, -0.1) is 0 Å². The first kappa shape index (κ1) is 12.6. The minimum atomic E-state index is 0.0719. The zero-order valence-corrected chi connectivity index (χ0v) is 11.7. The zero-order chi connectivity index (χ0) is 14.2. The minimum Gasteiger partial charge on any atom is -0.459 e. The second kappa shape index (κ2) is 5.02. The Morgan fingerprint density at radius 3 is 2.57 bits per heavy atom.